The molecule has 2 aliphatic heterocycles. The molecule has 8 nitrogen and oxygen atoms in total. The van der Waals surface area contributed by atoms with E-state index in [-0.39, 0.29) is 24.1 Å². The predicted octanol–water partition coefficient (Wildman–Crippen LogP) is 3.97. The first-order chi connectivity index (χ1) is 16.4. The van der Waals surface area contributed by atoms with Crippen molar-refractivity contribution in [3.63, 3.8) is 0 Å². The second-order valence-electron chi connectivity index (χ2n) is 8.40. The summed E-state index contributed by atoms with van der Waals surface area (Å²) >= 11 is 0. The molecule has 0 unspecified atom stereocenters. The molecule has 180 valence electrons. The van der Waals surface area contributed by atoms with Gasteiger partial charge >= 0.3 is 0 Å². The van der Waals surface area contributed by atoms with E-state index in [2.05, 4.69) is 6.92 Å². The molecule has 2 heterocycles. The van der Waals surface area contributed by atoms with E-state index >= 15 is 0 Å². The van der Waals surface area contributed by atoms with Crippen molar-refractivity contribution >= 4 is 17.8 Å². The largest absolute Gasteiger partial charge is 0.496 e. The average molecular weight is 468 g/mol. The number of rotatable bonds is 7. The van der Waals surface area contributed by atoms with Crippen molar-refractivity contribution in [1.29, 1.82) is 0 Å². The van der Waals surface area contributed by atoms with Gasteiger partial charge in [0, 0.05) is 30.8 Å². The lowest BCUT2D eigenvalue weighted by Gasteiger charge is -2.30. The minimum absolute atomic E-state index is 0.0365. The summed E-state index contributed by atoms with van der Waals surface area (Å²) in [6.07, 6.45) is 3.63. The number of amides is 1. The molecule has 2 aromatic rings. The number of fused-ring (bicyclic) bond motifs is 1. The summed E-state index contributed by atoms with van der Waals surface area (Å²) in [6, 6.07) is 8.35. The highest BCUT2D eigenvalue weighted by atomic mass is 16.5. The fourth-order valence-electron chi connectivity index (χ4n) is 4.06. The molecule has 8 heteroatoms. The molecule has 4 rings (SSSR count). The van der Waals surface area contributed by atoms with Gasteiger partial charge < -0.3 is 28.6 Å². The van der Waals surface area contributed by atoms with Crippen molar-refractivity contribution in [1.82, 2.24) is 4.90 Å². The first-order valence-electron chi connectivity index (χ1n) is 11.2. The van der Waals surface area contributed by atoms with Crippen LogP contribution in [0.3, 0.4) is 0 Å². The SMILES string of the molecule is COc1cc(OC)c(OC)cc1C=C1Oc2cc(OCC(=O)N3CCC(C)CC3)ccc2C1=O. The van der Waals surface area contributed by atoms with Gasteiger partial charge in [0.1, 0.15) is 17.2 Å². The molecule has 1 fully saturated rings. The lowest BCUT2D eigenvalue weighted by atomic mass is 9.99. The molecule has 2 aromatic carbocycles. The van der Waals surface area contributed by atoms with E-state index in [0.717, 1.165) is 25.9 Å². The third kappa shape index (κ3) is 4.81. The highest BCUT2D eigenvalue weighted by Crippen LogP contribution is 2.39. The van der Waals surface area contributed by atoms with Crippen LogP contribution < -0.4 is 23.7 Å². The number of ether oxygens (including phenoxy) is 5. The monoisotopic (exact) mass is 467 g/mol. The van der Waals surface area contributed by atoms with Gasteiger partial charge in [0.2, 0.25) is 5.78 Å². The molecule has 0 aromatic heterocycles. The standard InChI is InChI=1S/C26H29NO7/c1-16-7-9-27(10-8-16)25(28)15-33-18-5-6-19-21(13-18)34-24(26(19)29)12-17-11-22(31-3)23(32-4)14-20(17)30-2/h5-6,11-14,16H,7-10,15H2,1-4H3. The van der Waals surface area contributed by atoms with Gasteiger partial charge in [0.15, 0.2) is 23.9 Å². The second-order valence-corrected chi connectivity index (χ2v) is 8.40. The van der Waals surface area contributed by atoms with Crippen molar-refractivity contribution in [3.05, 3.63) is 47.2 Å². The van der Waals surface area contributed by atoms with Crippen LogP contribution in [0.4, 0.5) is 0 Å². The van der Waals surface area contributed by atoms with Gasteiger partial charge in [-0.3, -0.25) is 9.59 Å². The Morgan fingerprint density at radius 3 is 2.38 bits per heavy atom. The van der Waals surface area contributed by atoms with E-state index in [0.29, 0.717) is 45.8 Å². The molecule has 34 heavy (non-hydrogen) atoms. The van der Waals surface area contributed by atoms with Crippen LogP contribution in [0, 0.1) is 5.92 Å². The smallest absolute Gasteiger partial charge is 0.260 e. The Hall–Kier alpha value is -3.68. The quantitative estimate of drug-likeness (QED) is 0.570. The van der Waals surface area contributed by atoms with Crippen LogP contribution in [0.2, 0.25) is 0 Å². The van der Waals surface area contributed by atoms with Gasteiger partial charge in [0.25, 0.3) is 5.91 Å². The number of Topliss-reactive ketones (excluding diaryl/α,β-unsaturated/α-hetero) is 1. The van der Waals surface area contributed by atoms with Crippen molar-refractivity contribution in [2.24, 2.45) is 5.92 Å². The van der Waals surface area contributed by atoms with Gasteiger partial charge in [-0.05, 0) is 43.0 Å². The zero-order chi connectivity index (χ0) is 24.2. The van der Waals surface area contributed by atoms with Gasteiger partial charge in [-0.15, -0.1) is 0 Å². The lowest BCUT2D eigenvalue weighted by molar-refractivity contribution is -0.134. The van der Waals surface area contributed by atoms with Gasteiger partial charge in [-0.1, -0.05) is 6.92 Å². The van der Waals surface area contributed by atoms with Crippen LogP contribution in [0.25, 0.3) is 6.08 Å². The predicted molar refractivity (Wildman–Crippen MR) is 126 cm³/mol. The Labute approximate surface area is 199 Å². The molecule has 1 saturated heterocycles. The number of hydrogen-bond donors (Lipinski definition) is 0. The highest BCUT2D eigenvalue weighted by Gasteiger charge is 2.29. The Morgan fingerprint density at radius 1 is 1.03 bits per heavy atom. The zero-order valence-electron chi connectivity index (χ0n) is 19.9. The molecule has 0 N–H and O–H groups in total. The first-order valence-corrected chi connectivity index (χ1v) is 11.2. The molecule has 1 amide bonds. The fourth-order valence-corrected chi connectivity index (χ4v) is 4.06. The maximum atomic E-state index is 12.9. The number of hydrogen-bond acceptors (Lipinski definition) is 7. The van der Waals surface area contributed by atoms with E-state index in [4.69, 9.17) is 23.7 Å². The van der Waals surface area contributed by atoms with E-state index in [9.17, 15) is 9.59 Å². The average Bonchev–Trinajstić information content (AvgIpc) is 3.16. The number of nitrogens with zero attached hydrogens (tertiary/aromatic N) is 1. The lowest BCUT2D eigenvalue weighted by Crippen LogP contribution is -2.40. The minimum atomic E-state index is -0.253. The van der Waals surface area contributed by atoms with Crippen LogP contribution in [0.1, 0.15) is 35.7 Å². The number of likely N-dealkylation sites (tertiary alicyclic amines) is 1. The molecule has 2 aliphatic rings. The molecular weight excluding hydrogens is 438 g/mol. The Kier molecular flexibility index (Phi) is 6.95. The second kappa shape index (κ2) is 10.1. The van der Waals surface area contributed by atoms with Crippen molar-refractivity contribution in [2.75, 3.05) is 41.0 Å². The normalized spacial score (nSPS) is 16.8. The number of ketones is 1. The zero-order valence-corrected chi connectivity index (χ0v) is 19.9. The number of piperidine rings is 1. The number of benzene rings is 2. The Balaban J connectivity index is 1.48. The summed E-state index contributed by atoms with van der Waals surface area (Å²) in [6.45, 7) is 3.68. The third-order valence-corrected chi connectivity index (χ3v) is 6.16. The number of methoxy groups -OCH3 is 3. The van der Waals surface area contributed by atoms with Crippen LogP contribution in [0.5, 0.6) is 28.7 Å². The maximum absolute atomic E-state index is 12.9. The Morgan fingerprint density at radius 2 is 1.71 bits per heavy atom. The van der Waals surface area contributed by atoms with E-state index in [1.165, 1.54) is 21.3 Å². The summed E-state index contributed by atoms with van der Waals surface area (Å²) in [5.41, 5.74) is 1.03. The number of carbonyl (C=O) groups is 2. The molecule has 0 saturated carbocycles. The van der Waals surface area contributed by atoms with Crippen LogP contribution in [0.15, 0.2) is 36.1 Å². The third-order valence-electron chi connectivity index (χ3n) is 6.16. The Bertz CT molecular complexity index is 1120. The van der Waals surface area contributed by atoms with Crippen LogP contribution >= 0.6 is 0 Å². The van der Waals surface area contributed by atoms with E-state index in [1.807, 2.05) is 4.90 Å². The van der Waals surface area contributed by atoms with Crippen molar-refractivity contribution < 1.29 is 33.3 Å². The summed E-state index contributed by atoms with van der Waals surface area (Å²) < 4.78 is 27.6. The van der Waals surface area contributed by atoms with Crippen LogP contribution in [-0.4, -0.2) is 57.6 Å². The molecule has 0 radical (unpaired) electrons. The number of carbonyl (C=O) groups excluding carboxylic acids is 2. The topological polar surface area (TPSA) is 83.5 Å². The molecule has 0 spiro atoms. The molecule has 0 aliphatic carbocycles. The number of allylic oxidation sites excluding steroid dienone is 1. The first kappa shape index (κ1) is 23.5. The summed E-state index contributed by atoms with van der Waals surface area (Å²) in [5.74, 6) is 2.88. The fraction of sp³-hybridized carbons (Fsp3) is 0.385. The molecule has 0 bridgehead atoms. The highest BCUT2D eigenvalue weighted by molar-refractivity contribution is 6.14. The van der Waals surface area contributed by atoms with Crippen molar-refractivity contribution in [3.8, 4) is 28.7 Å². The van der Waals surface area contributed by atoms with Crippen molar-refractivity contribution in [2.45, 2.75) is 19.8 Å². The summed E-state index contributed by atoms with van der Waals surface area (Å²) in [7, 11) is 4.60. The maximum Gasteiger partial charge on any atom is 0.260 e. The molecular formula is C26H29NO7. The summed E-state index contributed by atoms with van der Waals surface area (Å²) in [5, 5.41) is 0. The van der Waals surface area contributed by atoms with Gasteiger partial charge in [-0.25, -0.2) is 0 Å². The van der Waals surface area contributed by atoms with Gasteiger partial charge in [0.05, 0.1) is 26.9 Å². The molecule has 0 atom stereocenters. The van der Waals surface area contributed by atoms with Crippen LogP contribution in [-0.2, 0) is 4.79 Å². The van der Waals surface area contributed by atoms with E-state index in [1.54, 1.807) is 36.4 Å². The van der Waals surface area contributed by atoms with E-state index < -0.39 is 0 Å². The summed E-state index contributed by atoms with van der Waals surface area (Å²) in [4.78, 5) is 27.2. The van der Waals surface area contributed by atoms with Gasteiger partial charge in [-0.2, -0.15) is 0 Å². The minimum Gasteiger partial charge on any atom is -0.496 e.